The molecule has 8 heteroatoms. The lowest BCUT2D eigenvalue weighted by molar-refractivity contribution is 0.427. The molecule has 0 radical (unpaired) electrons. The molecule has 1 aliphatic rings. The number of rotatable bonds is 4. The summed E-state index contributed by atoms with van der Waals surface area (Å²) >= 11 is 12.4. The largest absolute Gasteiger partial charge is 0.354 e. The molecule has 0 bridgehead atoms. The van der Waals surface area contributed by atoms with Crippen LogP contribution < -0.4 is 5.32 Å². The van der Waals surface area contributed by atoms with Crippen molar-refractivity contribution in [3.05, 3.63) is 14.9 Å². The van der Waals surface area contributed by atoms with Gasteiger partial charge in [0.2, 0.25) is 5.96 Å². The van der Waals surface area contributed by atoms with Crippen molar-refractivity contribution in [1.82, 2.24) is 10.3 Å². The smallest absolute Gasteiger partial charge is 0.226 e. The molecule has 1 atom stereocenters. The third-order valence-corrected chi connectivity index (χ3v) is 6.10. The average Bonchev–Trinajstić information content (AvgIpc) is 3.01. The van der Waals surface area contributed by atoms with Crippen LogP contribution in [0.25, 0.3) is 0 Å². The molecule has 0 fully saturated rings. The van der Waals surface area contributed by atoms with Crippen LogP contribution in [-0.4, -0.2) is 30.3 Å². The normalized spacial score (nSPS) is 18.9. The molecule has 0 aliphatic carbocycles. The zero-order chi connectivity index (χ0) is 14.5. The Labute approximate surface area is 140 Å². The van der Waals surface area contributed by atoms with Crippen LogP contribution in [0.2, 0.25) is 4.34 Å². The van der Waals surface area contributed by atoms with Gasteiger partial charge in [0, 0.05) is 35.1 Å². The van der Waals surface area contributed by atoms with Gasteiger partial charge in [0.05, 0.1) is 15.1 Å². The van der Waals surface area contributed by atoms with E-state index in [1.54, 1.807) is 0 Å². The Balaban J connectivity index is 2.06. The van der Waals surface area contributed by atoms with E-state index in [1.165, 1.54) is 23.3 Å². The highest BCUT2D eigenvalue weighted by Gasteiger charge is 2.20. The standard InChI is InChI=1S/C12H16BrClN4S2/c1-3-8-6-16-18(7-8)12(15-4-2)17-20-11-9(13)5-10(14)19-11/h5-6,8H,3-4,7H2,1-2H3,(H,15,17). The van der Waals surface area contributed by atoms with E-state index in [4.69, 9.17) is 11.6 Å². The molecule has 1 aromatic heterocycles. The summed E-state index contributed by atoms with van der Waals surface area (Å²) in [5, 5.41) is 9.60. The third kappa shape index (κ3) is 4.13. The number of guanidine groups is 1. The summed E-state index contributed by atoms with van der Waals surface area (Å²) in [6, 6.07) is 1.89. The van der Waals surface area contributed by atoms with Crippen LogP contribution in [0.15, 0.2) is 24.2 Å². The Morgan fingerprint density at radius 1 is 1.70 bits per heavy atom. The minimum Gasteiger partial charge on any atom is -0.354 e. The lowest BCUT2D eigenvalue weighted by atomic mass is 10.1. The van der Waals surface area contributed by atoms with E-state index < -0.39 is 0 Å². The maximum absolute atomic E-state index is 5.98. The van der Waals surface area contributed by atoms with E-state index in [2.05, 4.69) is 44.6 Å². The molecule has 0 saturated heterocycles. The summed E-state index contributed by atoms with van der Waals surface area (Å²) in [5.74, 6) is 1.30. The summed E-state index contributed by atoms with van der Waals surface area (Å²) in [4.78, 5) is 0. The summed E-state index contributed by atoms with van der Waals surface area (Å²) in [6.07, 6.45) is 3.09. The molecule has 4 nitrogen and oxygen atoms in total. The van der Waals surface area contributed by atoms with E-state index in [0.717, 1.165) is 38.5 Å². The Bertz CT molecular complexity index is 518. The van der Waals surface area contributed by atoms with Gasteiger partial charge in [-0.05, 0) is 35.3 Å². The second-order valence-electron chi connectivity index (χ2n) is 4.24. The Kier molecular flexibility index (Phi) is 6.20. The van der Waals surface area contributed by atoms with Gasteiger partial charge >= 0.3 is 0 Å². The maximum Gasteiger partial charge on any atom is 0.226 e. The van der Waals surface area contributed by atoms with Crippen LogP contribution in [0.4, 0.5) is 0 Å². The zero-order valence-electron chi connectivity index (χ0n) is 11.3. The maximum atomic E-state index is 5.98. The number of hydrogen-bond donors (Lipinski definition) is 1. The van der Waals surface area contributed by atoms with Gasteiger partial charge in [-0.15, -0.1) is 11.3 Å². The van der Waals surface area contributed by atoms with Crippen LogP contribution in [0.3, 0.4) is 0 Å². The molecule has 0 amide bonds. The van der Waals surface area contributed by atoms with Crippen molar-refractivity contribution < 1.29 is 0 Å². The van der Waals surface area contributed by atoms with E-state index in [1.807, 2.05) is 17.3 Å². The van der Waals surface area contributed by atoms with Gasteiger partial charge in [-0.25, -0.2) is 5.01 Å². The predicted molar refractivity (Wildman–Crippen MR) is 93.0 cm³/mol. The summed E-state index contributed by atoms with van der Waals surface area (Å²) in [7, 11) is 0. The molecule has 0 spiro atoms. The van der Waals surface area contributed by atoms with Gasteiger partial charge in [-0.1, -0.05) is 18.5 Å². The minimum atomic E-state index is 0.506. The highest BCUT2D eigenvalue weighted by atomic mass is 79.9. The molecule has 20 heavy (non-hydrogen) atoms. The first-order chi connectivity index (χ1) is 9.63. The summed E-state index contributed by atoms with van der Waals surface area (Å²) in [6.45, 7) is 5.92. The quantitative estimate of drug-likeness (QED) is 0.464. The third-order valence-electron chi connectivity index (χ3n) is 2.77. The Hall–Kier alpha value is -0.240. The van der Waals surface area contributed by atoms with E-state index >= 15 is 0 Å². The minimum absolute atomic E-state index is 0.506. The average molecular weight is 396 g/mol. The van der Waals surface area contributed by atoms with Gasteiger partial charge in [0.15, 0.2) is 0 Å². The highest BCUT2D eigenvalue weighted by Crippen LogP contribution is 2.38. The first-order valence-corrected chi connectivity index (χ1v) is 9.15. The number of thiophene rings is 1. The number of hydrogen-bond acceptors (Lipinski definition) is 4. The first-order valence-electron chi connectivity index (χ1n) is 6.39. The van der Waals surface area contributed by atoms with Crippen molar-refractivity contribution in [2.75, 3.05) is 13.1 Å². The van der Waals surface area contributed by atoms with Crippen LogP contribution in [-0.2, 0) is 0 Å². The van der Waals surface area contributed by atoms with Crippen LogP contribution in [0, 0.1) is 5.92 Å². The van der Waals surface area contributed by atoms with Gasteiger partial charge in [0.1, 0.15) is 0 Å². The molecule has 110 valence electrons. The Morgan fingerprint density at radius 3 is 3.05 bits per heavy atom. The summed E-state index contributed by atoms with van der Waals surface area (Å²) in [5.41, 5.74) is 0. The van der Waals surface area contributed by atoms with Crippen molar-refractivity contribution in [3.8, 4) is 0 Å². The van der Waals surface area contributed by atoms with Crippen molar-refractivity contribution in [1.29, 1.82) is 0 Å². The molecule has 0 aromatic carbocycles. The van der Waals surface area contributed by atoms with Crippen molar-refractivity contribution >= 4 is 63.0 Å². The molecule has 2 rings (SSSR count). The topological polar surface area (TPSA) is 40.0 Å². The van der Waals surface area contributed by atoms with E-state index in [0.29, 0.717) is 5.92 Å². The predicted octanol–water partition coefficient (Wildman–Crippen LogP) is 4.46. The SMILES string of the molecule is CCN/C(=N\Sc1sc(Cl)cc1Br)N1CC(CC)C=N1. The molecule has 1 aromatic rings. The Morgan fingerprint density at radius 2 is 2.50 bits per heavy atom. The molecule has 1 unspecified atom stereocenters. The molecule has 1 aliphatic heterocycles. The van der Waals surface area contributed by atoms with Crippen LogP contribution in [0.1, 0.15) is 20.3 Å². The van der Waals surface area contributed by atoms with Crippen LogP contribution >= 0.6 is 50.8 Å². The fourth-order valence-electron chi connectivity index (χ4n) is 1.67. The molecular formula is C12H16BrClN4S2. The van der Waals surface area contributed by atoms with Gasteiger partial charge in [-0.3, -0.25) is 0 Å². The molecule has 1 N–H and O–H groups in total. The first kappa shape index (κ1) is 16.1. The van der Waals surface area contributed by atoms with Gasteiger partial charge < -0.3 is 5.32 Å². The van der Waals surface area contributed by atoms with Crippen LogP contribution in [0.5, 0.6) is 0 Å². The van der Waals surface area contributed by atoms with Crippen molar-refractivity contribution in [2.24, 2.45) is 15.4 Å². The zero-order valence-corrected chi connectivity index (χ0v) is 15.2. The van der Waals surface area contributed by atoms with E-state index in [9.17, 15) is 0 Å². The lowest BCUT2D eigenvalue weighted by Gasteiger charge is -2.18. The van der Waals surface area contributed by atoms with E-state index in [-0.39, 0.29) is 0 Å². The second-order valence-corrected chi connectivity index (χ2v) is 7.81. The van der Waals surface area contributed by atoms with Gasteiger partial charge in [0.25, 0.3) is 0 Å². The van der Waals surface area contributed by atoms with Gasteiger partial charge in [-0.2, -0.15) is 9.50 Å². The highest BCUT2D eigenvalue weighted by molar-refractivity contribution is 9.10. The lowest BCUT2D eigenvalue weighted by Crippen LogP contribution is -2.37. The number of hydrazone groups is 1. The van der Waals surface area contributed by atoms with Crippen molar-refractivity contribution in [3.63, 3.8) is 0 Å². The fraction of sp³-hybridized carbons (Fsp3) is 0.500. The molecule has 0 saturated carbocycles. The molecular weight excluding hydrogens is 380 g/mol. The number of halogens is 2. The fourth-order valence-corrected chi connectivity index (χ4v) is 4.63. The number of nitrogens with zero attached hydrogens (tertiary/aromatic N) is 3. The number of nitrogens with one attached hydrogen (secondary N) is 1. The second kappa shape index (κ2) is 7.68. The molecule has 2 heterocycles. The monoisotopic (exact) mass is 394 g/mol. The van der Waals surface area contributed by atoms with Crippen molar-refractivity contribution in [2.45, 2.75) is 24.5 Å². The summed E-state index contributed by atoms with van der Waals surface area (Å²) < 4.78 is 7.34.